The van der Waals surface area contributed by atoms with Crippen molar-refractivity contribution in [3.05, 3.63) is 35.4 Å². The van der Waals surface area contributed by atoms with E-state index in [2.05, 4.69) is 24.8 Å². The van der Waals surface area contributed by atoms with Gasteiger partial charge in [0.1, 0.15) is 6.04 Å². The Labute approximate surface area is 155 Å². The second-order valence-corrected chi connectivity index (χ2v) is 7.25. The summed E-state index contributed by atoms with van der Waals surface area (Å²) in [7, 11) is 0. The Hall–Kier alpha value is -2.30. The number of hydrogen-bond acceptors (Lipinski definition) is 3. The monoisotopic (exact) mass is 350 g/mol. The van der Waals surface area contributed by atoms with Crippen LogP contribution >= 0.6 is 0 Å². The van der Waals surface area contributed by atoms with Crippen molar-refractivity contribution in [1.29, 1.82) is 5.26 Å². The normalized spacial score (nSPS) is 25.1. The van der Waals surface area contributed by atoms with Crippen molar-refractivity contribution in [2.75, 3.05) is 6.61 Å². The van der Waals surface area contributed by atoms with Gasteiger partial charge in [0.25, 0.3) is 0 Å². The van der Waals surface area contributed by atoms with E-state index in [4.69, 9.17) is 0 Å². The number of nitriles is 1. The Morgan fingerprint density at radius 3 is 2.54 bits per heavy atom. The molecule has 1 aromatic carbocycles. The number of likely N-dealkylation sites (tertiary alicyclic amines) is 1. The topological polar surface area (TPSA) is 64.3 Å². The van der Waals surface area contributed by atoms with Crippen molar-refractivity contribution in [1.82, 2.24) is 4.90 Å². The van der Waals surface area contributed by atoms with Gasteiger partial charge in [-0.15, -0.1) is 0 Å². The molecule has 1 amide bonds. The molecule has 4 heteroatoms. The lowest BCUT2D eigenvalue weighted by Gasteiger charge is -2.52. The van der Waals surface area contributed by atoms with Crippen LogP contribution in [0.5, 0.6) is 0 Å². The van der Waals surface area contributed by atoms with Gasteiger partial charge in [0.2, 0.25) is 5.91 Å². The molecule has 1 aliphatic heterocycles. The van der Waals surface area contributed by atoms with Crippen LogP contribution in [-0.2, 0) is 4.79 Å². The summed E-state index contributed by atoms with van der Waals surface area (Å²) in [6, 6.07) is 9.38. The first kappa shape index (κ1) is 18.5. The second kappa shape index (κ2) is 8.39. The third kappa shape index (κ3) is 3.48. The van der Waals surface area contributed by atoms with E-state index in [9.17, 15) is 15.2 Å². The quantitative estimate of drug-likeness (QED) is 0.848. The van der Waals surface area contributed by atoms with E-state index in [0.29, 0.717) is 0 Å². The van der Waals surface area contributed by atoms with Crippen LogP contribution in [0.3, 0.4) is 0 Å². The van der Waals surface area contributed by atoms with Gasteiger partial charge < -0.3 is 10.0 Å². The highest BCUT2D eigenvalue weighted by molar-refractivity contribution is 5.82. The first-order valence-electron chi connectivity index (χ1n) is 9.62. The SMILES string of the molecule is CCCC#Cc1ccc([C@H]2[C@@H](C#N)N(C(=O)C3CCCC3)[C@H]2CO)cc1. The minimum Gasteiger partial charge on any atom is -0.394 e. The zero-order valence-corrected chi connectivity index (χ0v) is 15.3. The van der Waals surface area contributed by atoms with Crippen LogP contribution in [0.25, 0.3) is 0 Å². The third-order valence-corrected chi connectivity index (χ3v) is 5.59. The number of carbonyl (C=O) groups is 1. The number of rotatable bonds is 4. The third-order valence-electron chi connectivity index (χ3n) is 5.59. The highest BCUT2D eigenvalue weighted by atomic mass is 16.3. The maximum absolute atomic E-state index is 12.8. The molecule has 1 saturated heterocycles. The molecule has 0 bridgehead atoms. The van der Waals surface area contributed by atoms with E-state index in [1.165, 1.54) is 0 Å². The summed E-state index contributed by atoms with van der Waals surface area (Å²) in [6.45, 7) is 1.99. The van der Waals surface area contributed by atoms with Gasteiger partial charge in [0, 0.05) is 23.8 Å². The lowest BCUT2D eigenvalue weighted by molar-refractivity contribution is -0.151. The van der Waals surface area contributed by atoms with Gasteiger partial charge >= 0.3 is 0 Å². The molecule has 1 aromatic rings. The number of amides is 1. The van der Waals surface area contributed by atoms with Gasteiger partial charge in [-0.3, -0.25) is 4.79 Å². The molecular formula is C22H26N2O2. The Morgan fingerprint density at radius 2 is 1.96 bits per heavy atom. The van der Waals surface area contributed by atoms with E-state index in [1.807, 2.05) is 24.3 Å². The van der Waals surface area contributed by atoms with E-state index < -0.39 is 6.04 Å². The Kier molecular flexibility index (Phi) is 5.96. The first-order chi connectivity index (χ1) is 12.7. The number of carbonyl (C=O) groups excluding carboxylic acids is 1. The van der Waals surface area contributed by atoms with Crippen LogP contribution in [-0.4, -0.2) is 34.6 Å². The first-order valence-corrected chi connectivity index (χ1v) is 9.62. The molecule has 0 unspecified atom stereocenters. The molecule has 3 rings (SSSR count). The molecule has 3 atom stereocenters. The highest BCUT2D eigenvalue weighted by Crippen LogP contribution is 2.42. The van der Waals surface area contributed by atoms with E-state index in [-0.39, 0.29) is 30.4 Å². The van der Waals surface area contributed by atoms with Crippen molar-refractivity contribution >= 4 is 5.91 Å². The lowest BCUT2D eigenvalue weighted by atomic mass is 9.75. The van der Waals surface area contributed by atoms with Crippen LogP contribution in [0.4, 0.5) is 0 Å². The minimum absolute atomic E-state index is 0.0251. The average molecular weight is 350 g/mol. The number of aliphatic hydroxyl groups excluding tert-OH is 1. The number of nitrogens with zero attached hydrogens (tertiary/aromatic N) is 2. The molecular weight excluding hydrogens is 324 g/mol. The minimum atomic E-state index is -0.489. The van der Waals surface area contributed by atoms with E-state index in [0.717, 1.165) is 49.7 Å². The van der Waals surface area contributed by atoms with Gasteiger partial charge in [-0.2, -0.15) is 5.26 Å². The summed E-state index contributed by atoms with van der Waals surface area (Å²) in [5, 5.41) is 19.5. The van der Waals surface area contributed by atoms with Gasteiger partial charge in [-0.05, 0) is 37.0 Å². The predicted octanol–water partition coefficient (Wildman–Crippen LogP) is 3.21. The fraction of sp³-hybridized carbons (Fsp3) is 0.545. The predicted molar refractivity (Wildman–Crippen MR) is 100 cm³/mol. The van der Waals surface area contributed by atoms with Gasteiger partial charge in [-0.1, -0.05) is 43.7 Å². The zero-order valence-electron chi connectivity index (χ0n) is 15.3. The maximum Gasteiger partial charge on any atom is 0.227 e. The molecule has 2 fully saturated rings. The van der Waals surface area contributed by atoms with Gasteiger partial charge in [-0.25, -0.2) is 0 Å². The highest BCUT2D eigenvalue weighted by Gasteiger charge is 2.52. The molecule has 0 aromatic heterocycles. The Bertz CT molecular complexity index is 732. The number of hydrogen-bond donors (Lipinski definition) is 1. The summed E-state index contributed by atoms with van der Waals surface area (Å²) in [5.41, 5.74) is 1.95. The van der Waals surface area contributed by atoms with Gasteiger partial charge in [0.05, 0.1) is 18.7 Å². The Morgan fingerprint density at radius 1 is 1.27 bits per heavy atom. The lowest BCUT2D eigenvalue weighted by Crippen LogP contribution is -2.66. The molecule has 1 saturated carbocycles. The van der Waals surface area contributed by atoms with E-state index in [1.54, 1.807) is 4.90 Å². The fourth-order valence-corrected chi connectivity index (χ4v) is 4.17. The smallest absolute Gasteiger partial charge is 0.227 e. The van der Waals surface area contributed by atoms with Gasteiger partial charge in [0.15, 0.2) is 0 Å². The van der Waals surface area contributed by atoms with Crippen molar-refractivity contribution in [3.63, 3.8) is 0 Å². The summed E-state index contributed by atoms with van der Waals surface area (Å²) < 4.78 is 0. The largest absolute Gasteiger partial charge is 0.394 e. The second-order valence-electron chi connectivity index (χ2n) is 7.25. The molecule has 1 N–H and O–H groups in total. The van der Waals surface area contributed by atoms with Crippen molar-refractivity contribution in [2.45, 2.75) is 63.5 Å². The van der Waals surface area contributed by atoms with Crippen LogP contribution in [0.2, 0.25) is 0 Å². The van der Waals surface area contributed by atoms with Crippen LogP contribution in [0.1, 0.15) is 62.5 Å². The summed E-state index contributed by atoms with van der Waals surface area (Å²) in [6.07, 6.45) is 5.89. The van der Waals surface area contributed by atoms with Crippen LogP contribution in [0, 0.1) is 29.1 Å². The molecule has 1 heterocycles. The summed E-state index contributed by atoms with van der Waals surface area (Å²) in [5.74, 6) is 6.20. The fourth-order valence-electron chi connectivity index (χ4n) is 4.17. The van der Waals surface area contributed by atoms with E-state index >= 15 is 0 Å². The zero-order chi connectivity index (χ0) is 18.5. The number of unbranched alkanes of at least 4 members (excludes halogenated alkanes) is 1. The van der Waals surface area contributed by atoms with Crippen LogP contribution < -0.4 is 0 Å². The molecule has 2 aliphatic rings. The summed E-state index contributed by atoms with van der Waals surface area (Å²) in [4.78, 5) is 14.4. The molecule has 0 radical (unpaired) electrons. The molecule has 26 heavy (non-hydrogen) atoms. The maximum atomic E-state index is 12.8. The molecule has 1 aliphatic carbocycles. The molecule has 0 spiro atoms. The number of aliphatic hydroxyl groups is 1. The molecule has 136 valence electrons. The van der Waals surface area contributed by atoms with Crippen molar-refractivity contribution in [3.8, 4) is 17.9 Å². The van der Waals surface area contributed by atoms with Crippen molar-refractivity contribution < 1.29 is 9.90 Å². The van der Waals surface area contributed by atoms with Crippen molar-refractivity contribution in [2.24, 2.45) is 5.92 Å². The standard InChI is InChI=1S/C22H26N2O2/c1-2-3-4-7-16-10-12-17(13-11-16)21-19(14-23)24(20(21)15-25)22(26)18-8-5-6-9-18/h10-13,18-21,25H,2-3,5-6,8-9,15H2,1H3/t19-,20+,21+/m1/s1. The number of benzene rings is 1. The Balaban J connectivity index is 1.76. The van der Waals surface area contributed by atoms with Crippen LogP contribution in [0.15, 0.2) is 24.3 Å². The molecule has 4 nitrogen and oxygen atoms in total. The summed E-state index contributed by atoms with van der Waals surface area (Å²) >= 11 is 0. The average Bonchev–Trinajstić information content (AvgIpc) is 3.18.